The largest absolute Gasteiger partial charge is 0.495 e. The van der Waals surface area contributed by atoms with Gasteiger partial charge in [-0.15, -0.1) is 0 Å². The Labute approximate surface area is 101 Å². The van der Waals surface area contributed by atoms with Crippen LogP contribution in [0.4, 0.5) is 11.4 Å². The zero-order valence-corrected chi connectivity index (χ0v) is 9.81. The third-order valence-corrected chi connectivity index (χ3v) is 2.55. The summed E-state index contributed by atoms with van der Waals surface area (Å²) in [5, 5.41) is 3.32. The van der Waals surface area contributed by atoms with Crippen molar-refractivity contribution < 1.29 is 4.74 Å². The van der Waals surface area contributed by atoms with Crippen molar-refractivity contribution in [3.05, 3.63) is 54.1 Å². The number of hydrogen-bond acceptors (Lipinski definition) is 3. The summed E-state index contributed by atoms with van der Waals surface area (Å²) in [6.45, 7) is 0.543. The summed E-state index contributed by atoms with van der Waals surface area (Å²) in [6.07, 6.45) is 0. The van der Waals surface area contributed by atoms with E-state index in [1.54, 1.807) is 7.11 Å². The third kappa shape index (κ3) is 2.77. The Bertz CT molecular complexity index is 497. The number of hydrogen-bond donors (Lipinski definition) is 2. The van der Waals surface area contributed by atoms with Crippen molar-refractivity contribution in [2.75, 3.05) is 12.4 Å². The third-order valence-electron chi connectivity index (χ3n) is 2.55. The van der Waals surface area contributed by atoms with Gasteiger partial charge in [-0.25, -0.2) is 0 Å². The average molecular weight is 228 g/mol. The van der Waals surface area contributed by atoms with Gasteiger partial charge in [-0.1, -0.05) is 24.3 Å². The highest BCUT2D eigenvalue weighted by Gasteiger charge is 2.01. The smallest absolute Gasteiger partial charge is 0.142 e. The summed E-state index contributed by atoms with van der Waals surface area (Å²) in [4.78, 5) is 0. The van der Waals surface area contributed by atoms with Crippen LogP contribution >= 0.6 is 0 Å². The Morgan fingerprint density at radius 2 is 1.94 bits per heavy atom. The summed E-state index contributed by atoms with van der Waals surface area (Å²) < 4.78 is 5.29. The number of nitrogens with one attached hydrogen (secondary N) is 1. The van der Waals surface area contributed by atoms with Gasteiger partial charge in [-0.3, -0.25) is 0 Å². The van der Waals surface area contributed by atoms with Crippen molar-refractivity contribution >= 4 is 11.4 Å². The molecule has 3 nitrogen and oxygen atoms in total. The normalized spacial score (nSPS) is 10.0. The van der Waals surface area contributed by atoms with Crippen LogP contribution < -0.4 is 15.8 Å². The Hall–Kier alpha value is -2.00. The van der Waals surface area contributed by atoms with E-state index < -0.39 is 0 Å². The van der Waals surface area contributed by atoms with Gasteiger partial charge in [-0.05, 0) is 29.8 Å². The minimum Gasteiger partial charge on any atom is -0.495 e. The fraction of sp³-hybridized carbons (Fsp3) is 0.143. The number of ether oxygens (including phenoxy) is 1. The number of benzene rings is 2. The van der Waals surface area contributed by atoms with Crippen LogP contribution in [0.25, 0.3) is 0 Å². The van der Waals surface area contributed by atoms with Crippen LogP contribution in [0.2, 0.25) is 0 Å². The predicted octanol–water partition coefficient (Wildman–Crippen LogP) is 2.90. The quantitative estimate of drug-likeness (QED) is 0.845. The van der Waals surface area contributed by atoms with E-state index in [-0.39, 0.29) is 0 Å². The van der Waals surface area contributed by atoms with E-state index >= 15 is 0 Å². The van der Waals surface area contributed by atoms with Gasteiger partial charge < -0.3 is 15.8 Å². The molecule has 0 bridgehead atoms. The second-order valence-electron chi connectivity index (χ2n) is 3.73. The lowest BCUT2D eigenvalue weighted by Gasteiger charge is -2.11. The van der Waals surface area contributed by atoms with E-state index in [2.05, 4.69) is 5.32 Å². The first-order chi connectivity index (χ1) is 8.33. The van der Waals surface area contributed by atoms with Gasteiger partial charge in [0, 0.05) is 12.2 Å². The van der Waals surface area contributed by atoms with E-state index in [1.165, 1.54) is 0 Å². The monoisotopic (exact) mass is 228 g/mol. The Balaban J connectivity index is 2.24. The van der Waals surface area contributed by atoms with E-state index in [9.17, 15) is 0 Å². The van der Waals surface area contributed by atoms with E-state index in [4.69, 9.17) is 10.5 Å². The molecule has 88 valence electrons. The lowest BCUT2D eigenvalue weighted by atomic mass is 10.2. The van der Waals surface area contributed by atoms with Gasteiger partial charge in [0.25, 0.3) is 0 Å². The van der Waals surface area contributed by atoms with Gasteiger partial charge in [0.1, 0.15) is 5.75 Å². The maximum atomic E-state index is 5.62. The van der Waals surface area contributed by atoms with Crippen LogP contribution in [0.15, 0.2) is 48.5 Å². The van der Waals surface area contributed by atoms with Crippen molar-refractivity contribution in [1.82, 2.24) is 0 Å². The summed E-state index contributed by atoms with van der Waals surface area (Å²) in [5.74, 6) is 0.825. The maximum absolute atomic E-state index is 5.62. The maximum Gasteiger partial charge on any atom is 0.142 e. The fourth-order valence-corrected chi connectivity index (χ4v) is 1.68. The zero-order valence-electron chi connectivity index (χ0n) is 9.81. The van der Waals surface area contributed by atoms with Crippen molar-refractivity contribution in [2.24, 2.45) is 5.73 Å². The molecule has 0 spiro atoms. The highest BCUT2D eigenvalue weighted by molar-refractivity contribution is 5.66. The van der Waals surface area contributed by atoms with Crippen LogP contribution in [0, 0.1) is 0 Å². The van der Waals surface area contributed by atoms with Crippen molar-refractivity contribution in [1.29, 1.82) is 0 Å². The molecule has 3 N–H and O–H groups in total. The van der Waals surface area contributed by atoms with Crippen molar-refractivity contribution in [3.8, 4) is 5.75 Å². The van der Waals surface area contributed by atoms with Crippen LogP contribution in [-0.4, -0.2) is 7.11 Å². The SMILES string of the molecule is COc1ccccc1Nc1cccc(CN)c1. The van der Waals surface area contributed by atoms with Crippen LogP contribution in [-0.2, 0) is 6.54 Å². The topological polar surface area (TPSA) is 47.3 Å². The minimum atomic E-state index is 0.543. The number of nitrogens with two attached hydrogens (primary N) is 1. The first-order valence-corrected chi connectivity index (χ1v) is 5.52. The standard InChI is InChI=1S/C14H16N2O/c1-17-14-8-3-2-7-13(14)16-12-6-4-5-11(9-12)10-15/h2-9,16H,10,15H2,1H3. The number of methoxy groups -OCH3 is 1. The van der Waals surface area contributed by atoms with Crippen LogP contribution in [0.1, 0.15) is 5.56 Å². The van der Waals surface area contributed by atoms with Gasteiger partial charge in [0.2, 0.25) is 0 Å². The highest BCUT2D eigenvalue weighted by atomic mass is 16.5. The minimum absolute atomic E-state index is 0.543. The summed E-state index contributed by atoms with van der Waals surface area (Å²) >= 11 is 0. The number of anilines is 2. The van der Waals surface area contributed by atoms with E-state index in [0.29, 0.717) is 6.54 Å². The second-order valence-corrected chi connectivity index (χ2v) is 3.73. The summed E-state index contributed by atoms with van der Waals surface area (Å²) in [5.41, 5.74) is 8.68. The zero-order chi connectivity index (χ0) is 12.1. The molecule has 2 rings (SSSR count). The second kappa shape index (κ2) is 5.37. The molecule has 0 fully saturated rings. The molecule has 2 aromatic rings. The van der Waals surface area contributed by atoms with E-state index in [0.717, 1.165) is 22.7 Å². The molecule has 0 aliphatic rings. The average Bonchev–Trinajstić information content (AvgIpc) is 2.39. The van der Waals surface area contributed by atoms with Gasteiger partial charge >= 0.3 is 0 Å². The molecular formula is C14H16N2O. The van der Waals surface area contributed by atoms with E-state index in [1.807, 2.05) is 48.5 Å². The Morgan fingerprint density at radius 3 is 2.71 bits per heavy atom. The van der Waals surface area contributed by atoms with Crippen LogP contribution in [0.3, 0.4) is 0 Å². The van der Waals surface area contributed by atoms with Crippen molar-refractivity contribution in [3.63, 3.8) is 0 Å². The first-order valence-electron chi connectivity index (χ1n) is 5.52. The van der Waals surface area contributed by atoms with Gasteiger partial charge in [0.15, 0.2) is 0 Å². The molecule has 0 unspecified atom stereocenters. The molecule has 3 heteroatoms. The molecule has 0 aliphatic heterocycles. The lowest BCUT2D eigenvalue weighted by molar-refractivity contribution is 0.417. The molecule has 0 saturated carbocycles. The van der Waals surface area contributed by atoms with Crippen molar-refractivity contribution in [2.45, 2.75) is 6.54 Å². The van der Waals surface area contributed by atoms with Crippen LogP contribution in [0.5, 0.6) is 5.75 Å². The molecule has 0 heterocycles. The molecule has 0 saturated heterocycles. The van der Waals surface area contributed by atoms with Gasteiger partial charge in [0.05, 0.1) is 12.8 Å². The molecule has 0 aromatic heterocycles. The summed E-state index contributed by atoms with van der Waals surface area (Å²) in [6, 6.07) is 15.9. The molecule has 0 radical (unpaired) electrons. The first kappa shape index (κ1) is 11.5. The molecule has 0 atom stereocenters. The number of para-hydroxylation sites is 2. The predicted molar refractivity (Wildman–Crippen MR) is 70.6 cm³/mol. The molecule has 17 heavy (non-hydrogen) atoms. The molecular weight excluding hydrogens is 212 g/mol. The fourth-order valence-electron chi connectivity index (χ4n) is 1.68. The van der Waals surface area contributed by atoms with Gasteiger partial charge in [-0.2, -0.15) is 0 Å². The molecule has 0 aliphatic carbocycles. The Kier molecular flexibility index (Phi) is 3.62. The number of rotatable bonds is 4. The Morgan fingerprint density at radius 1 is 1.12 bits per heavy atom. The molecule has 2 aromatic carbocycles. The highest BCUT2D eigenvalue weighted by Crippen LogP contribution is 2.27. The summed E-state index contributed by atoms with van der Waals surface area (Å²) in [7, 11) is 1.66. The molecule has 0 amide bonds. The lowest BCUT2D eigenvalue weighted by Crippen LogP contribution is -1.98.